The highest BCUT2D eigenvalue weighted by Gasteiger charge is 2.31. The summed E-state index contributed by atoms with van der Waals surface area (Å²) in [5, 5.41) is 20.5. The van der Waals surface area contributed by atoms with Crippen LogP contribution in [0.15, 0.2) is 54.6 Å². The molecule has 7 N–H and O–H groups in total. The predicted octanol–water partition coefficient (Wildman–Crippen LogP) is 1.19. The first kappa shape index (κ1) is 36.4. The van der Waals surface area contributed by atoms with Crippen LogP contribution in [0.3, 0.4) is 0 Å². The van der Waals surface area contributed by atoms with Crippen molar-refractivity contribution in [3.63, 3.8) is 0 Å². The Kier molecular flexibility index (Phi) is 14.8. The van der Waals surface area contributed by atoms with Crippen LogP contribution < -0.4 is 27.0 Å². The van der Waals surface area contributed by atoms with Crippen LogP contribution in [0.4, 0.5) is 0 Å². The van der Waals surface area contributed by atoms with Gasteiger partial charge in [-0.15, -0.1) is 0 Å². The Labute approximate surface area is 274 Å². The van der Waals surface area contributed by atoms with E-state index in [-0.39, 0.29) is 42.4 Å². The maximum absolute atomic E-state index is 13.4. The van der Waals surface area contributed by atoms with Gasteiger partial charge in [0.1, 0.15) is 17.8 Å². The number of methoxy groups -OCH3 is 1. The van der Waals surface area contributed by atoms with Crippen LogP contribution in [0.1, 0.15) is 43.2 Å². The highest BCUT2D eigenvalue weighted by Crippen LogP contribution is 2.25. The number of benzene rings is 2. The van der Waals surface area contributed by atoms with Gasteiger partial charge in [0.15, 0.2) is 0 Å². The highest BCUT2D eigenvalue weighted by molar-refractivity contribution is 7.98. The number of thioether (sulfide) groups is 1. The number of carbonyl (C=O) groups is 5. The largest absolute Gasteiger partial charge is 0.508 e. The van der Waals surface area contributed by atoms with E-state index in [0.29, 0.717) is 31.4 Å². The van der Waals surface area contributed by atoms with Crippen molar-refractivity contribution >= 4 is 41.4 Å². The van der Waals surface area contributed by atoms with Crippen molar-refractivity contribution in [2.45, 2.75) is 69.1 Å². The molecule has 0 unspecified atom stereocenters. The Morgan fingerprint density at radius 1 is 0.913 bits per heavy atom. The Morgan fingerprint density at radius 3 is 2.28 bits per heavy atom. The summed E-state index contributed by atoms with van der Waals surface area (Å²) in [6.45, 7) is -0.406. The molecule has 1 aliphatic rings. The summed E-state index contributed by atoms with van der Waals surface area (Å²) in [6.07, 6.45) is 5.27. The van der Waals surface area contributed by atoms with E-state index in [1.165, 1.54) is 31.0 Å². The highest BCUT2D eigenvalue weighted by atomic mass is 32.2. The molecule has 2 aromatic rings. The molecular weight excluding hydrogens is 610 g/mol. The molecule has 5 atom stereocenters. The molecule has 1 fully saturated rings. The standard InChI is InChI=1S/C33H45N5O7S/c1-45-33(44)23-9-6-10-24(19-23)36-32(43)28(18-21-7-4-3-5-8-21)37-29(40)20-35-31(42)27(15-16-46-2)38-30(41)26(34)17-22-11-13-25(39)14-12-22/h3-5,7-8,11-14,23-24,26-28,39H,6,9-10,15-20,34H2,1-2H3,(H,35,42)(H,36,43)(H,37,40)(H,38,41)/t23-,24+,26+,27-,28+/m1/s1. The van der Waals surface area contributed by atoms with Crippen LogP contribution in [0.25, 0.3) is 0 Å². The third-order valence-corrected chi connectivity index (χ3v) is 8.53. The number of nitrogens with one attached hydrogen (secondary N) is 4. The van der Waals surface area contributed by atoms with Gasteiger partial charge in [0.25, 0.3) is 0 Å². The minimum atomic E-state index is -0.929. The van der Waals surface area contributed by atoms with Crippen LogP contribution in [0.2, 0.25) is 0 Å². The van der Waals surface area contributed by atoms with Crippen LogP contribution in [0, 0.1) is 5.92 Å². The van der Waals surface area contributed by atoms with E-state index in [1.54, 1.807) is 12.1 Å². The van der Waals surface area contributed by atoms with E-state index in [2.05, 4.69) is 21.3 Å². The number of ether oxygens (including phenoxy) is 1. The molecule has 0 heterocycles. The number of nitrogens with two attached hydrogens (primary N) is 1. The zero-order valence-corrected chi connectivity index (χ0v) is 27.1. The minimum Gasteiger partial charge on any atom is -0.508 e. The molecule has 13 heteroatoms. The van der Waals surface area contributed by atoms with Gasteiger partial charge in [-0.25, -0.2) is 0 Å². The summed E-state index contributed by atoms with van der Waals surface area (Å²) in [6, 6.07) is 12.6. The molecule has 0 bridgehead atoms. The van der Waals surface area contributed by atoms with E-state index in [4.69, 9.17) is 10.5 Å². The Bertz CT molecular complexity index is 1310. The summed E-state index contributed by atoms with van der Waals surface area (Å²) < 4.78 is 4.89. The molecule has 0 radical (unpaired) electrons. The fourth-order valence-electron chi connectivity index (χ4n) is 5.36. The van der Waals surface area contributed by atoms with Crippen molar-refractivity contribution in [3.8, 4) is 5.75 Å². The number of hydrogen-bond acceptors (Lipinski definition) is 9. The number of rotatable bonds is 16. The summed E-state index contributed by atoms with van der Waals surface area (Å²) in [4.78, 5) is 64.4. The first-order valence-electron chi connectivity index (χ1n) is 15.4. The second-order valence-corrected chi connectivity index (χ2v) is 12.4. The molecule has 1 aliphatic carbocycles. The summed E-state index contributed by atoms with van der Waals surface area (Å²) in [5.74, 6) is -1.92. The van der Waals surface area contributed by atoms with Crippen LogP contribution in [-0.2, 0) is 41.6 Å². The van der Waals surface area contributed by atoms with Crippen molar-refractivity contribution in [2.75, 3.05) is 25.7 Å². The molecule has 0 spiro atoms. The van der Waals surface area contributed by atoms with Crippen molar-refractivity contribution in [2.24, 2.45) is 11.7 Å². The zero-order valence-electron chi connectivity index (χ0n) is 26.3. The lowest BCUT2D eigenvalue weighted by Crippen LogP contribution is -2.55. The van der Waals surface area contributed by atoms with Gasteiger partial charge in [0.2, 0.25) is 23.6 Å². The maximum Gasteiger partial charge on any atom is 0.308 e. The Hall–Kier alpha value is -4.10. The maximum atomic E-state index is 13.4. The Balaban J connectivity index is 1.59. The van der Waals surface area contributed by atoms with Gasteiger partial charge >= 0.3 is 5.97 Å². The van der Waals surface area contributed by atoms with Gasteiger partial charge in [0.05, 0.1) is 25.6 Å². The lowest BCUT2D eigenvalue weighted by Gasteiger charge is -2.30. The number of amides is 4. The van der Waals surface area contributed by atoms with Gasteiger partial charge in [-0.05, 0) is 67.4 Å². The van der Waals surface area contributed by atoms with E-state index in [1.807, 2.05) is 36.6 Å². The molecule has 250 valence electrons. The summed E-state index contributed by atoms with van der Waals surface area (Å²) in [7, 11) is 1.35. The SMILES string of the molecule is COC(=O)[C@@H]1CCC[C@H](NC(=O)[C@H](Cc2ccccc2)NC(=O)CNC(=O)[C@@H](CCSC)NC(=O)[C@@H](N)Cc2ccc(O)cc2)C1. The minimum absolute atomic E-state index is 0.102. The zero-order chi connectivity index (χ0) is 33.5. The number of carbonyl (C=O) groups excluding carboxylic acids is 5. The number of esters is 1. The van der Waals surface area contributed by atoms with Gasteiger partial charge in [-0.2, -0.15) is 11.8 Å². The van der Waals surface area contributed by atoms with Crippen LogP contribution in [0.5, 0.6) is 5.75 Å². The molecule has 0 aromatic heterocycles. The lowest BCUT2D eigenvalue weighted by molar-refractivity contribution is -0.147. The first-order chi connectivity index (χ1) is 22.1. The number of phenols is 1. The van der Waals surface area contributed by atoms with Gasteiger partial charge in [-0.1, -0.05) is 48.9 Å². The quantitative estimate of drug-likeness (QED) is 0.144. The smallest absolute Gasteiger partial charge is 0.308 e. The van der Waals surface area contributed by atoms with Gasteiger partial charge in [-0.3, -0.25) is 24.0 Å². The van der Waals surface area contributed by atoms with Crippen molar-refractivity contribution < 1.29 is 33.8 Å². The molecule has 0 saturated heterocycles. The van der Waals surface area contributed by atoms with Crippen LogP contribution >= 0.6 is 11.8 Å². The molecule has 2 aromatic carbocycles. The number of phenolic OH excluding ortho intramolecular Hbond substituents is 1. The third-order valence-electron chi connectivity index (χ3n) is 7.88. The van der Waals surface area contributed by atoms with Crippen molar-refractivity contribution in [1.82, 2.24) is 21.3 Å². The van der Waals surface area contributed by atoms with E-state index in [0.717, 1.165) is 17.5 Å². The second-order valence-electron chi connectivity index (χ2n) is 11.4. The van der Waals surface area contributed by atoms with E-state index >= 15 is 0 Å². The van der Waals surface area contributed by atoms with E-state index in [9.17, 15) is 29.1 Å². The average molecular weight is 656 g/mol. The summed E-state index contributed by atoms with van der Waals surface area (Å²) >= 11 is 1.51. The number of hydrogen-bond donors (Lipinski definition) is 6. The molecule has 12 nitrogen and oxygen atoms in total. The first-order valence-corrected chi connectivity index (χ1v) is 16.8. The molecule has 3 rings (SSSR count). The normalized spacial score (nSPS) is 17.9. The number of aromatic hydroxyl groups is 1. The fourth-order valence-corrected chi connectivity index (χ4v) is 5.83. The van der Waals surface area contributed by atoms with E-state index < -0.39 is 42.4 Å². The molecule has 0 aliphatic heterocycles. The fraction of sp³-hybridized carbons (Fsp3) is 0.485. The third kappa shape index (κ3) is 12.0. The van der Waals surface area contributed by atoms with Crippen LogP contribution in [-0.4, -0.2) is 84.5 Å². The molecule has 1 saturated carbocycles. The topological polar surface area (TPSA) is 189 Å². The molecule has 4 amide bonds. The monoisotopic (exact) mass is 655 g/mol. The average Bonchev–Trinajstić information content (AvgIpc) is 3.06. The summed E-state index contributed by atoms with van der Waals surface area (Å²) in [5.41, 5.74) is 7.69. The van der Waals surface area contributed by atoms with Crippen molar-refractivity contribution in [1.29, 1.82) is 0 Å². The van der Waals surface area contributed by atoms with Crippen molar-refractivity contribution in [3.05, 3.63) is 65.7 Å². The lowest BCUT2D eigenvalue weighted by atomic mass is 9.85. The molecule has 46 heavy (non-hydrogen) atoms. The van der Waals surface area contributed by atoms with Gasteiger partial charge in [0, 0.05) is 12.5 Å². The Morgan fingerprint density at radius 2 is 1.61 bits per heavy atom. The molecular formula is C33H45N5O7S. The van der Waals surface area contributed by atoms with Gasteiger partial charge < -0.3 is 36.8 Å². The predicted molar refractivity (Wildman–Crippen MR) is 176 cm³/mol. The second kappa shape index (κ2) is 18.8.